The van der Waals surface area contributed by atoms with Crippen molar-refractivity contribution >= 4 is 0 Å². The van der Waals surface area contributed by atoms with E-state index in [0.717, 1.165) is 6.04 Å². The van der Waals surface area contributed by atoms with Gasteiger partial charge in [0.05, 0.1) is 0 Å². The Hall–Kier alpha value is -0.0800. The van der Waals surface area contributed by atoms with E-state index in [2.05, 4.69) is 24.1 Å². The first-order chi connectivity index (χ1) is 9.79. The van der Waals surface area contributed by atoms with E-state index >= 15 is 0 Å². The maximum absolute atomic E-state index is 3.96. The average molecular weight is 280 g/mol. The molecule has 1 unspecified atom stereocenters. The minimum atomic E-state index is 0.479. The topological polar surface area (TPSA) is 15.3 Å². The summed E-state index contributed by atoms with van der Waals surface area (Å²) < 4.78 is 0. The normalized spacial score (nSPS) is 27.0. The molecule has 118 valence electrons. The van der Waals surface area contributed by atoms with Crippen LogP contribution in [0.15, 0.2) is 0 Å². The van der Waals surface area contributed by atoms with Gasteiger partial charge in [0.25, 0.3) is 0 Å². The second kappa shape index (κ2) is 8.38. The molecule has 0 amide bonds. The van der Waals surface area contributed by atoms with E-state index < -0.39 is 0 Å². The Kier molecular flexibility index (Phi) is 6.83. The van der Waals surface area contributed by atoms with Gasteiger partial charge in [0.15, 0.2) is 0 Å². The van der Waals surface area contributed by atoms with Crippen molar-refractivity contribution in [2.45, 2.75) is 96.1 Å². The van der Waals surface area contributed by atoms with E-state index in [1.807, 2.05) is 0 Å². The van der Waals surface area contributed by atoms with Crippen LogP contribution in [0.3, 0.4) is 0 Å². The number of nitrogens with one attached hydrogen (secondary N) is 1. The number of hydrogen-bond acceptors (Lipinski definition) is 2. The predicted molar refractivity (Wildman–Crippen MR) is 88.2 cm³/mol. The highest BCUT2D eigenvalue weighted by atomic mass is 15.3. The zero-order valence-corrected chi connectivity index (χ0v) is 13.9. The zero-order chi connectivity index (χ0) is 14.3. The smallest absolute Gasteiger partial charge is 0.0309 e. The molecule has 2 nitrogen and oxygen atoms in total. The van der Waals surface area contributed by atoms with Crippen LogP contribution in [-0.4, -0.2) is 36.1 Å². The molecule has 1 atom stereocenters. The van der Waals surface area contributed by atoms with Crippen LogP contribution in [0.25, 0.3) is 0 Å². The molecule has 2 aliphatic rings. The summed E-state index contributed by atoms with van der Waals surface area (Å²) in [6.45, 7) is 8.54. The summed E-state index contributed by atoms with van der Waals surface area (Å²) >= 11 is 0. The first-order valence-corrected chi connectivity index (χ1v) is 9.29. The molecule has 0 bridgehead atoms. The van der Waals surface area contributed by atoms with E-state index in [9.17, 15) is 0 Å². The predicted octanol–water partition coefficient (Wildman–Crippen LogP) is 4.34. The molecule has 2 heteroatoms. The molecule has 2 fully saturated rings. The van der Waals surface area contributed by atoms with Crippen LogP contribution in [0.5, 0.6) is 0 Å². The van der Waals surface area contributed by atoms with Gasteiger partial charge in [-0.05, 0) is 32.2 Å². The Morgan fingerprint density at radius 3 is 2.50 bits per heavy atom. The van der Waals surface area contributed by atoms with Crippen LogP contribution < -0.4 is 5.32 Å². The largest absolute Gasteiger partial charge is 0.308 e. The molecule has 0 aromatic rings. The van der Waals surface area contributed by atoms with Gasteiger partial charge < -0.3 is 5.32 Å². The third-order valence-electron chi connectivity index (χ3n) is 5.47. The lowest BCUT2D eigenvalue weighted by atomic mass is 9.79. The van der Waals surface area contributed by atoms with E-state index in [1.165, 1.54) is 90.3 Å². The maximum atomic E-state index is 3.96. The molecule has 1 spiro atoms. The molecule has 0 radical (unpaired) electrons. The highest BCUT2D eigenvalue weighted by Gasteiger charge is 2.39. The van der Waals surface area contributed by atoms with E-state index in [1.54, 1.807) is 0 Å². The van der Waals surface area contributed by atoms with Gasteiger partial charge in [-0.25, -0.2) is 0 Å². The molecule has 1 saturated heterocycles. The van der Waals surface area contributed by atoms with Crippen molar-refractivity contribution < 1.29 is 0 Å². The molecule has 1 aliphatic heterocycles. The molecular weight excluding hydrogens is 244 g/mol. The summed E-state index contributed by atoms with van der Waals surface area (Å²) in [6, 6.07) is 0.800. The van der Waals surface area contributed by atoms with E-state index in [4.69, 9.17) is 0 Å². The maximum Gasteiger partial charge on any atom is 0.0309 e. The summed E-state index contributed by atoms with van der Waals surface area (Å²) in [7, 11) is 0. The third kappa shape index (κ3) is 4.46. The van der Waals surface area contributed by atoms with Crippen molar-refractivity contribution in [3.63, 3.8) is 0 Å². The second-order valence-electron chi connectivity index (χ2n) is 7.20. The average Bonchev–Trinajstić information content (AvgIpc) is 2.47. The summed E-state index contributed by atoms with van der Waals surface area (Å²) in [5.41, 5.74) is 0.479. The fraction of sp³-hybridized carbons (Fsp3) is 1.00. The molecule has 1 aliphatic carbocycles. The highest BCUT2D eigenvalue weighted by molar-refractivity contribution is 4.99. The Balaban J connectivity index is 1.87. The molecule has 1 heterocycles. The Bertz CT molecular complexity index is 258. The third-order valence-corrected chi connectivity index (χ3v) is 5.47. The van der Waals surface area contributed by atoms with Gasteiger partial charge in [0.2, 0.25) is 0 Å². The van der Waals surface area contributed by atoms with Crippen LogP contribution in [0.2, 0.25) is 0 Å². The molecular formula is C18H36N2. The quantitative estimate of drug-likeness (QED) is 0.698. The molecule has 1 N–H and O–H groups in total. The Morgan fingerprint density at radius 1 is 1.00 bits per heavy atom. The van der Waals surface area contributed by atoms with Crippen molar-refractivity contribution in [1.82, 2.24) is 10.2 Å². The molecule has 0 aromatic heterocycles. The van der Waals surface area contributed by atoms with Crippen molar-refractivity contribution in [3.05, 3.63) is 0 Å². The van der Waals surface area contributed by atoms with Crippen LogP contribution >= 0.6 is 0 Å². The number of piperazine rings is 1. The number of rotatable bonds is 7. The first kappa shape index (κ1) is 16.3. The van der Waals surface area contributed by atoms with Gasteiger partial charge in [-0.1, -0.05) is 58.8 Å². The number of unbranched alkanes of at least 4 members (excludes halogenated alkanes) is 3. The fourth-order valence-corrected chi connectivity index (χ4v) is 4.22. The van der Waals surface area contributed by atoms with Crippen molar-refractivity contribution in [2.75, 3.05) is 19.6 Å². The van der Waals surface area contributed by atoms with Crippen LogP contribution in [0, 0.1) is 0 Å². The monoisotopic (exact) mass is 280 g/mol. The first-order valence-electron chi connectivity index (χ1n) is 9.29. The fourth-order valence-electron chi connectivity index (χ4n) is 4.22. The Labute approximate surface area is 126 Å². The van der Waals surface area contributed by atoms with Crippen LogP contribution in [0.1, 0.15) is 84.5 Å². The summed E-state index contributed by atoms with van der Waals surface area (Å²) in [5.74, 6) is 0. The van der Waals surface area contributed by atoms with E-state index in [-0.39, 0.29) is 0 Å². The molecule has 2 rings (SSSR count). The summed E-state index contributed by atoms with van der Waals surface area (Å²) in [4.78, 5) is 2.85. The van der Waals surface area contributed by atoms with Crippen molar-refractivity contribution in [2.24, 2.45) is 0 Å². The van der Waals surface area contributed by atoms with Crippen molar-refractivity contribution in [3.8, 4) is 0 Å². The molecule has 0 aromatic carbocycles. The number of hydrogen-bond donors (Lipinski definition) is 1. The standard InChI is InChI=1S/C18H36N2/c1-3-5-6-10-14-20-16-18(12-8-7-9-13-18)19-15-17(20)11-4-2/h17,19H,3-16H2,1-2H3. The lowest BCUT2D eigenvalue weighted by Crippen LogP contribution is -2.64. The van der Waals surface area contributed by atoms with Gasteiger partial charge in [-0.3, -0.25) is 4.90 Å². The molecule has 1 saturated carbocycles. The van der Waals surface area contributed by atoms with Gasteiger partial charge in [-0.15, -0.1) is 0 Å². The van der Waals surface area contributed by atoms with Gasteiger partial charge in [0.1, 0.15) is 0 Å². The van der Waals surface area contributed by atoms with Gasteiger partial charge >= 0.3 is 0 Å². The second-order valence-corrected chi connectivity index (χ2v) is 7.20. The summed E-state index contributed by atoms with van der Waals surface area (Å²) in [5, 5.41) is 3.96. The highest BCUT2D eigenvalue weighted by Crippen LogP contribution is 2.32. The minimum Gasteiger partial charge on any atom is -0.308 e. The van der Waals surface area contributed by atoms with Gasteiger partial charge in [-0.2, -0.15) is 0 Å². The van der Waals surface area contributed by atoms with E-state index in [0.29, 0.717) is 5.54 Å². The lowest BCUT2D eigenvalue weighted by molar-refractivity contribution is 0.0505. The lowest BCUT2D eigenvalue weighted by Gasteiger charge is -2.50. The van der Waals surface area contributed by atoms with Crippen LogP contribution in [0.4, 0.5) is 0 Å². The van der Waals surface area contributed by atoms with Crippen molar-refractivity contribution in [1.29, 1.82) is 0 Å². The minimum absolute atomic E-state index is 0.479. The summed E-state index contributed by atoms with van der Waals surface area (Å²) in [6.07, 6.45) is 15.5. The van der Waals surface area contributed by atoms with Crippen LogP contribution in [-0.2, 0) is 0 Å². The molecule has 20 heavy (non-hydrogen) atoms. The Morgan fingerprint density at radius 2 is 1.80 bits per heavy atom. The zero-order valence-electron chi connectivity index (χ0n) is 13.9. The SMILES string of the molecule is CCCCCCN1CC2(CCCCC2)NCC1CCC. The van der Waals surface area contributed by atoms with Gasteiger partial charge in [0, 0.05) is 24.7 Å². The number of nitrogens with zero attached hydrogens (tertiary/aromatic N) is 1.